The van der Waals surface area contributed by atoms with Gasteiger partial charge >= 0.3 is 0 Å². The Hall–Kier alpha value is -2.45. The maximum atomic E-state index is 13.8. The molecule has 4 nitrogen and oxygen atoms in total. The lowest BCUT2D eigenvalue weighted by atomic mass is 10.2. The quantitative estimate of drug-likeness (QED) is 0.684. The van der Waals surface area contributed by atoms with E-state index < -0.39 is 5.82 Å². The molecule has 0 radical (unpaired) electrons. The summed E-state index contributed by atoms with van der Waals surface area (Å²) in [6.07, 6.45) is 1.53. The van der Waals surface area contributed by atoms with Crippen LogP contribution in [0.2, 0.25) is 5.02 Å². The third-order valence-corrected chi connectivity index (χ3v) is 2.96. The van der Waals surface area contributed by atoms with E-state index in [2.05, 4.69) is 10.1 Å². The summed E-state index contributed by atoms with van der Waals surface area (Å²) in [6, 6.07) is 9.66. The second-order valence-electron chi connectivity index (χ2n) is 3.86. The van der Waals surface area contributed by atoms with E-state index in [0.29, 0.717) is 11.2 Å². The number of rotatable bonds is 1. The molecule has 0 atom stereocenters. The summed E-state index contributed by atoms with van der Waals surface area (Å²) in [4.78, 5) is 4.20. The van der Waals surface area contributed by atoms with E-state index in [9.17, 15) is 4.39 Å². The first-order valence-corrected chi connectivity index (χ1v) is 5.78. The van der Waals surface area contributed by atoms with Gasteiger partial charge in [-0.25, -0.2) is 13.9 Å². The normalized spacial score (nSPS) is 10.6. The van der Waals surface area contributed by atoms with Gasteiger partial charge in [-0.05, 0) is 24.3 Å². The van der Waals surface area contributed by atoms with Crippen LogP contribution < -0.4 is 0 Å². The van der Waals surface area contributed by atoms with Crippen LogP contribution in [0, 0.1) is 17.1 Å². The molecule has 3 aromatic rings. The van der Waals surface area contributed by atoms with Crippen molar-refractivity contribution in [1.82, 2.24) is 14.6 Å². The third kappa shape index (κ3) is 1.92. The molecule has 0 aliphatic rings. The van der Waals surface area contributed by atoms with Gasteiger partial charge in [0.1, 0.15) is 11.9 Å². The van der Waals surface area contributed by atoms with Gasteiger partial charge in [-0.3, -0.25) is 0 Å². The summed E-state index contributed by atoms with van der Waals surface area (Å²) in [6.45, 7) is 0. The van der Waals surface area contributed by atoms with Gasteiger partial charge in [-0.2, -0.15) is 5.26 Å². The summed E-state index contributed by atoms with van der Waals surface area (Å²) in [5, 5.41) is 13.2. The highest BCUT2D eigenvalue weighted by Crippen LogP contribution is 2.28. The van der Waals surface area contributed by atoms with E-state index in [1.807, 2.05) is 6.07 Å². The Bertz CT molecular complexity index is 799. The molecular weight excluding hydrogens is 267 g/mol. The second kappa shape index (κ2) is 4.34. The van der Waals surface area contributed by atoms with Crippen LogP contribution in [0.1, 0.15) is 5.56 Å². The van der Waals surface area contributed by atoms with Gasteiger partial charge in [0.15, 0.2) is 11.5 Å². The molecule has 0 spiro atoms. The first-order valence-electron chi connectivity index (χ1n) is 5.40. The SMILES string of the molecule is N#Cc1ccc2nc(-c3c(F)cccc3Cl)nn2c1. The molecule has 0 unspecified atom stereocenters. The molecule has 6 heteroatoms. The number of nitrogens with zero attached hydrogens (tertiary/aromatic N) is 4. The minimum atomic E-state index is -0.482. The van der Waals surface area contributed by atoms with Gasteiger partial charge in [0.2, 0.25) is 0 Å². The summed E-state index contributed by atoms with van der Waals surface area (Å²) in [7, 11) is 0. The lowest BCUT2D eigenvalue weighted by molar-refractivity contribution is 0.630. The van der Waals surface area contributed by atoms with Crippen LogP contribution in [0.3, 0.4) is 0 Å². The van der Waals surface area contributed by atoms with Crippen LogP contribution >= 0.6 is 11.6 Å². The summed E-state index contributed by atoms with van der Waals surface area (Å²) >= 11 is 5.97. The number of pyridine rings is 1. The number of hydrogen-bond acceptors (Lipinski definition) is 3. The number of fused-ring (bicyclic) bond motifs is 1. The van der Waals surface area contributed by atoms with Gasteiger partial charge in [0.05, 0.1) is 16.1 Å². The van der Waals surface area contributed by atoms with Crippen molar-refractivity contribution in [2.24, 2.45) is 0 Å². The molecule has 0 fully saturated rings. The van der Waals surface area contributed by atoms with Crippen LogP contribution in [0.15, 0.2) is 36.5 Å². The summed E-state index contributed by atoms with van der Waals surface area (Å²) in [5.74, 6) is -0.290. The zero-order chi connectivity index (χ0) is 13.4. The number of benzene rings is 1. The predicted octanol–water partition coefficient (Wildman–Crippen LogP) is 3.06. The Morgan fingerprint density at radius 3 is 2.84 bits per heavy atom. The number of halogens is 2. The van der Waals surface area contributed by atoms with Crippen molar-refractivity contribution in [2.45, 2.75) is 0 Å². The standard InChI is InChI=1S/C13H6ClFN4/c14-9-2-1-3-10(15)12(9)13-17-11-5-4-8(6-16)7-19(11)18-13/h1-5,7H. The van der Waals surface area contributed by atoms with Crippen LogP contribution in [-0.4, -0.2) is 14.6 Å². The molecule has 0 aliphatic heterocycles. The van der Waals surface area contributed by atoms with Gasteiger partial charge in [0, 0.05) is 6.20 Å². The number of hydrogen-bond donors (Lipinski definition) is 0. The first-order chi connectivity index (χ1) is 9.19. The Labute approximate surface area is 112 Å². The fraction of sp³-hybridized carbons (Fsp3) is 0. The largest absolute Gasteiger partial charge is 0.219 e. The average molecular weight is 273 g/mol. The van der Waals surface area contributed by atoms with Gasteiger partial charge < -0.3 is 0 Å². The molecule has 0 bridgehead atoms. The van der Waals surface area contributed by atoms with E-state index in [4.69, 9.17) is 16.9 Å². The molecule has 3 rings (SSSR count). The van der Waals surface area contributed by atoms with Crippen LogP contribution in [0.5, 0.6) is 0 Å². The maximum absolute atomic E-state index is 13.8. The van der Waals surface area contributed by atoms with Crippen molar-refractivity contribution >= 4 is 17.2 Å². The van der Waals surface area contributed by atoms with E-state index in [-0.39, 0.29) is 16.4 Å². The minimum absolute atomic E-state index is 0.159. The van der Waals surface area contributed by atoms with Crippen molar-refractivity contribution in [2.75, 3.05) is 0 Å². The molecular formula is C13H6ClFN4. The zero-order valence-corrected chi connectivity index (χ0v) is 10.3. The summed E-state index contributed by atoms with van der Waals surface area (Å²) in [5.41, 5.74) is 1.13. The Kier molecular flexibility index (Phi) is 2.65. The van der Waals surface area contributed by atoms with Crippen molar-refractivity contribution < 1.29 is 4.39 Å². The summed E-state index contributed by atoms with van der Waals surface area (Å²) < 4.78 is 15.2. The molecule has 19 heavy (non-hydrogen) atoms. The lowest BCUT2D eigenvalue weighted by Crippen LogP contribution is -1.90. The first kappa shape index (κ1) is 11.6. The minimum Gasteiger partial charge on any atom is -0.219 e. The zero-order valence-electron chi connectivity index (χ0n) is 9.51. The Balaban J connectivity index is 2.24. The highest BCUT2D eigenvalue weighted by Gasteiger charge is 2.14. The van der Waals surface area contributed by atoms with Crippen molar-refractivity contribution in [3.05, 3.63) is 52.9 Å². The number of nitriles is 1. The van der Waals surface area contributed by atoms with Crippen LogP contribution in [-0.2, 0) is 0 Å². The van der Waals surface area contributed by atoms with E-state index >= 15 is 0 Å². The van der Waals surface area contributed by atoms with Gasteiger partial charge in [-0.1, -0.05) is 17.7 Å². The Morgan fingerprint density at radius 2 is 2.11 bits per heavy atom. The molecule has 0 saturated heterocycles. The highest BCUT2D eigenvalue weighted by molar-refractivity contribution is 6.33. The van der Waals surface area contributed by atoms with Crippen LogP contribution in [0.25, 0.3) is 17.0 Å². The predicted molar refractivity (Wildman–Crippen MR) is 68.1 cm³/mol. The molecule has 0 saturated carbocycles. The molecule has 0 aliphatic carbocycles. The fourth-order valence-electron chi connectivity index (χ4n) is 1.77. The van der Waals surface area contributed by atoms with Crippen molar-refractivity contribution in [3.63, 3.8) is 0 Å². The lowest BCUT2D eigenvalue weighted by Gasteiger charge is -1.99. The molecule has 92 valence electrons. The van der Waals surface area contributed by atoms with E-state index in [0.717, 1.165) is 0 Å². The highest BCUT2D eigenvalue weighted by atomic mass is 35.5. The van der Waals surface area contributed by atoms with Gasteiger partial charge in [-0.15, -0.1) is 5.10 Å². The monoisotopic (exact) mass is 272 g/mol. The average Bonchev–Trinajstić information content (AvgIpc) is 2.80. The van der Waals surface area contributed by atoms with E-state index in [1.165, 1.54) is 22.8 Å². The van der Waals surface area contributed by atoms with Crippen LogP contribution in [0.4, 0.5) is 4.39 Å². The van der Waals surface area contributed by atoms with Crippen molar-refractivity contribution in [1.29, 1.82) is 5.26 Å². The Morgan fingerprint density at radius 1 is 1.26 bits per heavy atom. The topological polar surface area (TPSA) is 54.0 Å². The molecule has 0 amide bonds. The molecule has 2 heterocycles. The maximum Gasteiger partial charge on any atom is 0.186 e. The molecule has 0 N–H and O–H groups in total. The van der Waals surface area contributed by atoms with Crippen molar-refractivity contribution in [3.8, 4) is 17.5 Å². The second-order valence-corrected chi connectivity index (χ2v) is 4.27. The molecule has 2 aromatic heterocycles. The smallest absolute Gasteiger partial charge is 0.186 e. The molecule has 1 aromatic carbocycles. The van der Waals surface area contributed by atoms with Gasteiger partial charge in [0.25, 0.3) is 0 Å². The third-order valence-electron chi connectivity index (χ3n) is 2.65. The number of aromatic nitrogens is 3. The van der Waals surface area contributed by atoms with E-state index in [1.54, 1.807) is 18.2 Å². The fourth-order valence-corrected chi connectivity index (χ4v) is 2.01.